The minimum Gasteiger partial charge on any atom is -0.463 e. The third-order valence-corrected chi connectivity index (χ3v) is 2.71. The number of rotatable bonds is 4. The molecule has 1 aromatic heterocycles. The summed E-state index contributed by atoms with van der Waals surface area (Å²) in [4.78, 5) is 11.0. The zero-order valence-corrected chi connectivity index (χ0v) is 9.33. The van der Waals surface area contributed by atoms with Crippen LogP contribution in [-0.4, -0.2) is 33.5 Å². The quantitative estimate of drug-likeness (QED) is 0.713. The highest BCUT2D eigenvalue weighted by molar-refractivity contribution is 7.90. The molecule has 15 heavy (non-hydrogen) atoms. The minimum absolute atomic E-state index is 0.00112. The van der Waals surface area contributed by atoms with Crippen LogP contribution in [0.1, 0.15) is 16.3 Å². The Morgan fingerprint density at radius 1 is 1.47 bits per heavy atom. The first kappa shape index (κ1) is 11.8. The van der Waals surface area contributed by atoms with E-state index in [0.29, 0.717) is 5.76 Å². The molecule has 0 saturated carbocycles. The van der Waals surface area contributed by atoms with E-state index in [4.69, 9.17) is 4.42 Å². The van der Waals surface area contributed by atoms with Crippen LogP contribution in [0.2, 0.25) is 0 Å². The third-order valence-electron chi connectivity index (χ3n) is 1.77. The van der Waals surface area contributed by atoms with Gasteiger partial charge in [-0.15, -0.1) is 0 Å². The molecule has 0 bridgehead atoms. The van der Waals surface area contributed by atoms with Crippen molar-refractivity contribution in [3.63, 3.8) is 0 Å². The van der Waals surface area contributed by atoms with E-state index < -0.39 is 15.8 Å². The van der Waals surface area contributed by atoms with Crippen LogP contribution >= 0.6 is 0 Å². The summed E-state index contributed by atoms with van der Waals surface area (Å²) in [6, 6.07) is 3.03. The van der Waals surface area contributed by atoms with Crippen LogP contribution in [0.25, 0.3) is 0 Å². The number of sulfone groups is 1. The number of esters is 1. The standard InChI is InChI=1S/C9H12O5S/c1-13-9(10)8-4-3-7(14-8)5-6-15(2,11)12/h3-4H,5-6H2,1-2H3. The predicted molar refractivity (Wildman–Crippen MR) is 53.5 cm³/mol. The Morgan fingerprint density at radius 2 is 2.13 bits per heavy atom. The highest BCUT2D eigenvalue weighted by Crippen LogP contribution is 2.10. The molecule has 0 radical (unpaired) electrons. The van der Waals surface area contributed by atoms with Gasteiger partial charge in [0, 0.05) is 12.7 Å². The molecule has 0 aromatic carbocycles. The fourth-order valence-electron chi connectivity index (χ4n) is 1.01. The fraction of sp³-hybridized carbons (Fsp3) is 0.444. The molecule has 5 nitrogen and oxygen atoms in total. The molecular formula is C9H12O5S. The number of hydrogen-bond donors (Lipinski definition) is 0. The van der Waals surface area contributed by atoms with Gasteiger partial charge < -0.3 is 9.15 Å². The maximum atomic E-state index is 11.0. The first-order valence-corrected chi connectivity index (χ1v) is 6.33. The van der Waals surface area contributed by atoms with E-state index in [9.17, 15) is 13.2 Å². The summed E-state index contributed by atoms with van der Waals surface area (Å²) in [5.74, 6) is -0.0244. The Morgan fingerprint density at radius 3 is 2.67 bits per heavy atom. The molecule has 0 aliphatic heterocycles. The van der Waals surface area contributed by atoms with Gasteiger partial charge in [0.05, 0.1) is 12.9 Å². The van der Waals surface area contributed by atoms with Gasteiger partial charge in [-0.2, -0.15) is 0 Å². The van der Waals surface area contributed by atoms with Gasteiger partial charge in [-0.25, -0.2) is 13.2 Å². The second-order valence-electron chi connectivity index (χ2n) is 3.14. The van der Waals surface area contributed by atoms with Crippen molar-refractivity contribution < 1.29 is 22.4 Å². The molecule has 1 rings (SSSR count). The Kier molecular flexibility index (Phi) is 3.52. The van der Waals surface area contributed by atoms with E-state index in [1.165, 1.54) is 13.2 Å². The third kappa shape index (κ3) is 3.75. The zero-order chi connectivity index (χ0) is 11.5. The van der Waals surface area contributed by atoms with Crippen molar-refractivity contribution >= 4 is 15.8 Å². The summed E-state index contributed by atoms with van der Waals surface area (Å²) in [5, 5.41) is 0. The van der Waals surface area contributed by atoms with E-state index in [2.05, 4.69) is 4.74 Å². The fourth-order valence-corrected chi connectivity index (χ4v) is 1.58. The topological polar surface area (TPSA) is 73.6 Å². The van der Waals surface area contributed by atoms with Crippen LogP contribution in [0.3, 0.4) is 0 Å². The van der Waals surface area contributed by atoms with Gasteiger partial charge in [0.25, 0.3) is 0 Å². The van der Waals surface area contributed by atoms with Crippen LogP contribution in [0.5, 0.6) is 0 Å². The van der Waals surface area contributed by atoms with E-state index in [1.807, 2.05) is 0 Å². The van der Waals surface area contributed by atoms with Crippen molar-refractivity contribution in [2.75, 3.05) is 19.1 Å². The Hall–Kier alpha value is -1.30. The normalized spacial score (nSPS) is 11.3. The van der Waals surface area contributed by atoms with E-state index >= 15 is 0 Å². The van der Waals surface area contributed by atoms with Crippen molar-refractivity contribution in [2.45, 2.75) is 6.42 Å². The summed E-state index contributed by atoms with van der Waals surface area (Å²) < 4.78 is 31.3. The number of aryl methyl sites for hydroxylation is 1. The van der Waals surface area contributed by atoms with Gasteiger partial charge in [0.2, 0.25) is 5.76 Å². The molecule has 1 heterocycles. The maximum absolute atomic E-state index is 11.0. The van der Waals surface area contributed by atoms with Gasteiger partial charge in [-0.3, -0.25) is 0 Å². The molecule has 0 spiro atoms. The molecule has 0 N–H and O–H groups in total. The second-order valence-corrected chi connectivity index (χ2v) is 5.40. The average molecular weight is 232 g/mol. The molecular weight excluding hydrogens is 220 g/mol. The monoisotopic (exact) mass is 232 g/mol. The lowest BCUT2D eigenvalue weighted by molar-refractivity contribution is 0.0563. The van der Waals surface area contributed by atoms with Gasteiger partial charge in [0.1, 0.15) is 15.6 Å². The first-order chi connectivity index (χ1) is 6.92. The Balaban J connectivity index is 2.65. The van der Waals surface area contributed by atoms with Crippen molar-refractivity contribution in [3.8, 4) is 0 Å². The molecule has 84 valence electrons. The first-order valence-electron chi connectivity index (χ1n) is 4.27. The van der Waals surface area contributed by atoms with Crippen LogP contribution in [0.4, 0.5) is 0 Å². The number of hydrogen-bond acceptors (Lipinski definition) is 5. The highest BCUT2D eigenvalue weighted by atomic mass is 32.2. The van der Waals surface area contributed by atoms with Crippen molar-refractivity contribution in [1.82, 2.24) is 0 Å². The van der Waals surface area contributed by atoms with Crippen LogP contribution < -0.4 is 0 Å². The van der Waals surface area contributed by atoms with Crippen LogP contribution in [0.15, 0.2) is 16.5 Å². The molecule has 0 aliphatic rings. The zero-order valence-electron chi connectivity index (χ0n) is 8.52. The molecule has 0 unspecified atom stereocenters. The van der Waals surface area contributed by atoms with Crippen molar-refractivity contribution in [1.29, 1.82) is 0 Å². The summed E-state index contributed by atoms with van der Waals surface area (Å²) in [6.07, 6.45) is 1.41. The largest absolute Gasteiger partial charge is 0.463 e. The molecule has 0 saturated heterocycles. The minimum atomic E-state index is -3.02. The molecule has 6 heteroatoms. The summed E-state index contributed by atoms with van der Waals surface area (Å²) in [6.45, 7) is 0. The van der Waals surface area contributed by atoms with Crippen molar-refractivity contribution in [2.24, 2.45) is 0 Å². The lowest BCUT2D eigenvalue weighted by Crippen LogP contribution is -2.05. The van der Waals surface area contributed by atoms with Gasteiger partial charge in [0.15, 0.2) is 0 Å². The average Bonchev–Trinajstić information content (AvgIpc) is 2.61. The van der Waals surface area contributed by atoms with Crippen molar-refractivity contribution in [3.05, 3.63) is 23.7 Å². The van der Waals surface area contributed by atoms with Crippen LogP contribution in [0, 0.1) is 0 Å². The van der Waals surface area contributed by atoms with Gasteiger partial charge >= 0.3 is 5.97 Å². The van der Waals surface area contributed by atoms with E-state index in [-0.39, 0.29) is 17.9 Å². The summed E-state index contributed by atoms with van der Waals surface area (Å²) in [7, 11) is -1.76. The Labute approximate surface area is 88.0 Å². The van der Waals surface area contributed by atoms with Gasteiger partial charge in [-0.1, -0.05) is 0 Å². The molecule has 0 aliphatic carbocycles. The van der Waals surface area contributed by atoms with Crippen LogP contribution in [-0.2, 0) is 21.0 Å². The van der Waals surface area contributed by atoms with Gasteiger partial charge in [-0.05, 0) is 12.1 Å². The molecule has 0 fully saturated rings. The lowest BCUT2D eigenvalue weighted by Gasteiger charge is -1.95. The molecule has 1 aromatic rings. The Bertz CT molecular complexity index is 443. The SMILES string of the molecule is COC(=O)c1ccc(CCS(C)(=O)=O)o1. The number of methoxy groups -OCH3 is 1. The molecule has 0 atom stereocenters. The predicted octanol–water partition coefficient (Wildman–Crippen LogP) is 0.653. The number of carbonyl (C=O) groups is 1. The number of furan rings is 1. The summed E-state index contributed by atoms with van der Waals surface area (Å²) in [5.41, 5.74) is 0. The highest BCUT2D eigenvalue weighted by Gasteiger charge is 2.12. The summed E-state index contributed by atoms with van der Waals surface area (Å²) >= 11 is 0. The second kappa shape index (κ2) is 4.48. The molecule has 0 amide bonds. The smallest absolute Gasteiger partial charge is 0.373 e. The maximum Gasteiger partial charge on any atom is 0.373 e. The van der Waals surface area contributed by atoms with E-state index in [0.717, 1.165) is 6.26 Å². The van der Waals surface area contributed by atoms with E-state index in [1.54, 1.807) is 6.07 Å². The number of ether oxygens (including phenoxy) is 1. The lowest BCUT2D eigenvalue weighted by atomic mass is 10.3. The number of carbonyl (C=O) groups excluding carboxylic acids is 1.